The van der Waals surface area contributed by atoms with Crippen LogP contribution in [0.1, 0.15) is 5.56 Å². The number of nitrogens with one attached hydrogen (secondary N) is 1. The van der Waals surface area contributed by atoms with Gasteiger partial charge in [0, 0.05) is 24.0 Å². The number of amides is 1. The Morgan fingerprint density at radius 1 is 1.27 bits per heavy atom. The summed E-state index contributed by atoms with van der Waals surface area (Å²) in [5.74, 6) is -0.175. The number of aromatic nitrogens is 2. The van der Waals surface area contributed by atoms with E-state index in [0.29, 0.717) is 10.8 Å². The molecule has 8 nitrogen and oxygen atoms in total. The number of hydrogen-bond donors (Lipinski definition) is 1. The molecule has 158 valence electrons. The maximum Gasteiger partial charge on any atom is 0.241 e. The average Bonchev–Trinajstić information content (AvgIpc) is 3.24. The van der Waals surface area contributed by atoms with Crippen molar-refractivity contribution in [3.63, 3.8) is 0 Å². The molecule has 0 saturated carbocycles. The van der Waals surface area contributed by atoms with Gasteiger partial charge in [0.25, 0.3) is 0 Å². The van der Waals surface area contributed by atoms with Crippen LogP contribution in [0.15, 0.2) is 61.2 Å². The summed E-state index contributed by atoms with van der Waals surface area (Å²) >= 11 is 6.03. The Morgan fingerprint density at radius 2 is 2.03 bits per heavy atom. The lowest BCUT2D eigenvalue weighted by Crippen LogP contribution is -2.40. The molecular formula is C20H21ClN4O4S. The molecule has 0 atom stereocenters. The monoisotopic (exact) mass is 448 g/mol. The highest BCUT2D eigenvalue weighted by atomic mass is 35.5. The first-order valence-electron chi connectivity index (χ1n) is 8.94. The molecule has 1 N–H and O–H groups in total. The van der Waals surface area contributed by atoms with Crippen LogP contribution < -0.4 is 14.4 Å². The van der Waals surface area contributed by atoms with E-state index in [1.165, 1.54) is 13.2 Å². The van der Waals surface area contributed by atoms with Crippen LogP contribution in [0.3, 0.4) is 0 Å². The van der Waals surface area contributed by atoms with Gasteiger partial charge in [0.2, 0.25) is 15.9 Å². The second kappa shape index (κ2) is 9.19. The molecule has 30 heavy (non-hydrogen) atoms. The van der Waals surface area contributed by atoms with E-state index >= 15 is 0 Å². The fraction of sp³-hybridized carbons (Fsp3) is 0.200. The molecule has 0 bridgehead atoms. The second-order valence-corrected chi connectivity index (χ2v) is 8.80. The van der Waals surface area contributed by atoms with Gasteiger partial charge in [-0.25, -0.2) is 13.4 Å². The van der Waals surface area contributed by atoms with Crippen LogP contribution in [0.4, 0.5) is 5.69 Å². The number of nitrogens with zero attached hydrogens (tertiary/aromatic N) is 3. The van der Waals surface area contributed by atoms with E-state index in [1.807, 2.05) is 28.8 Å². The quantitative estimate of drug-likeness (QED) is 0.571. The zero-order valence-corrected chi connectivity index (χ0v) is 18.0. The van der Waals surface area contributed by atoms with Gasteiger partial charge < -0.3 is 14.6 Å². The third kappa shape index (κ3) is 5.11. The topological polar surface area (TPSA) is 93.5 Å². The number of rotatable bonds is 8. The summed E-state index contributed by atoms with van der Waals surface area (Å²) < 4.78 is 32.8. The molecular weight excluding hydrogens is 428 g/mol. The minimum Gasteiger partial charge on any atom is -0.495 e. The number of ether oxygens (including phenoxy) is 1. The molecule has 0 saturated heterocycles. The van der Waals surface area contributed by atoms with Gasteiger partial charge in [-0.15, -0.1) is 0 Å². The first-order chi connectivity index (χ1) is 14.3. The first-order valence-corrected chi connectivity index (χ1v) is 11.2. The molecule has 1 aromatic heterocycles. The van der Waals surface area contributed by atoms with Crippen LogP contribution in [-0.4, -0.2) is 43.8 Å². The molecule has 1 amide bonds. The Labute approximate surface area is 180 Å². The van der Waals surface area contributed by atoms with Crippen molar-refractivity contribution in [1.82, 2.24) is 14.9 Å². The lowest BCUT2D eigenvalue weighted by Gasteiger charge is -2.24. The number of methoxy groups -OCH3 is 1. The Hall–Kier alpha value is -3.04. The highest BCUT2D eigenvalue weighted by Crippen LogP contribution is 2.32. The summed E-state index contributed by atoms with van der Waals surface area (Å²) in [6.45, 7) is -0.194. The zero-order chi connectivity index (χ0) is 21.7. The maximum absolute atomic E-state index is 12.6. The second-order valence-electron chi connectivity index (χ2n) is 6.46. The van der Waals surface area contributed by atoms with E-state index in [9.17, 15) is 13.2 Å². The van der Waals surface area contributed by atoms with Crippen molar-refractivity contribution in [1.29, 1.82) is 0 Å². The number of anilines is 1. The van der Waals surface area contributed by atoms with Crippen LogP contribution >= 0.6 is 11.6 Å². The van der Waals surface area contributed by atoms with Crippen molar-refractivity contribution in [2.75, 3.05) is 24.2 Å². The van der Waals surface area contributed by atoms with Crippen LogP contribution in [0.5, 0.6) is 5.75 Å². The van der Waals surface area contributed by atoms with E-state index in [-0.39, 0.29) is 12.2 Å². The molecule has 0 radical (unpaired) electrons. The summed E-state index contributed by atoms with van der Waals surface area (Å²) in [7, 11) is -2.35. The summed E-state index contributed by atoms with van der Waals surface area (Å²) in [6, 6.07) is 12.1. The number of halogens is 1. The van der Waals surface area contributed by atoms with Gasteiger partial charge in [-0.05, 0) is 29.8 Å². The van der Waals surface area contributed by atoms with Gasteiger partial charge in [0.05, 0.1) is 31.1 Å². The predicted molar refractivity (Wildman–Crippen MR) is 116 cm³/mol. The number of para-hydroxylation sites is 1. The van der Waals surface area contributed by atoms with Gasteiger partial charge in [0.15, 0.2) is 0 Å². The van der Waals surface area contributed by atoms with E-state index in [2.05, 4.69) is 10.3 Å². The van der Waals surface area contributed by atoms with Crippen molar-refractivity contribution in [3.05, 3.63) is 71.8 Å². The lowest BCUT2D eigenvalue weighted by atomic mass is 10.1. The van der Waals surface area contributed by atoms with Gasteiger partial charge >= 0.3 is 0 Å². The summed E-state index contributed by atoms with van der Waals surface area (Å²) in [5, 5.41) is 3.10. The number of carbonyl (C=O) groups is 1. The minimum atomic E-state index is -3.77. The largest absolute Gasteiger partial charge is 0.495 e. The molecule has 0 aliphatic rings. The molecule has 2 aromatic carbocycles. The molecule has 0 unspecified atom stereocenters. The van der Waals surface area contributed by atoms with E-state index in [4.69, 9.17) is 16.3 Å². The molecule has 0 aliphatic carbocycles. The van der Waals surface area contributed by atoms with Gasteiger partial charge in [-0.2, -0.15) is 0 Å². The number of benzene rings is 2. The highest BCUT2D eigenvalue weighted by Gasteiger charge is 2.24. The first kappa shape index (κ1) is 21.7. The van der Waals surface area contributed by atoms with Crippen LogP contribution in [0.25, 0.3) is 5.69 Å². The Bertz CT molecular complexity index is 1130. The van der Waals surface area contributed by atoms with E-state index in [0.717, 1.165) is 21.8 Å². The predicted octanol–water partition coefficient (Wildman–Crippen LogP) is 2.62. The van der Waals surface area contributed by atoms with Crippen molar-refractivity contribution < 1.29 is 17.9 Å². The standard InChI is InChI=1S/C20H21ClN4O4S/c1-29-19-8-7-16(21)11-18(19)25(30(2,27)28)13-20(26)23-12-15-5-3-4-6-17(15)24-10-9-22-14-24/h3-11,14H,12-13H2,1-2H3,(H,23,26). The maximum atomic E-state index is 12.6. The van der Waals surface area contributed by atoms with Crippen LogP contribution in [-0.2, 0) is 21.4 Å². The number of carbonyl (C=O) groups excluding carboxylic acids is 1. The van der Waals surface area contributed by atoms with Crippen LogP contribution in [0.2, 0.25) is 5.02 Å². The van der Waals surface area contributed by atoms with Crippen molar-refractivity contribution in [2.24, 2.45) is 0 Å². The Kier molecular flexibility index (Phi) is 6.63. The van der Waals surface area contributed by atoms with Gasteiger partial charge in [0.1, 0.15) is 12.3 Å². The van der Waals surface area contributed by atoms with E-state index < -0.39 is 22.5 Å². The summed E-state index contributed by atoms with van der Waals surface area (Å²) in [5.41, 5.74) is 1.92. The smallest absolute Gasteiger partial charge is 0.241 e. The molecule has 1 heterocycles. The fourth-order valence-corrected chi connectivity index (χ4v) is 3.95. The van der Waals surface area contributed by atoms with E-state index in [1.54, 1.807) is 30.9 Å². The third-order valence-corrected chi connectivity index (χ3v) is 5.71. The molecule has 10 heteroatoms. The molecule has 0 fully saturated rings. The van der Waals surface area contributed by atoms with Gasteiger partial charge in [-0.3, -0.25) is 9.10 Å². The normalized spacial score (nSPS) is 11.2. The minimum absolute atomic E-state index is 0.196. The molecule has 3 rings (SSSR count). The number of sulfonamides is 1. The van der Waals surface area contributed by atoms with Crippen LogP contribution in [0, 0.1) is 0 Å². The number of imidazole rings is 1. The zero-order valence-electron chi connectivity index (χ0n) is 16.4. The lowest BCUT2D eigenvalue weighted by molar-refractivity contribution is -0.119. The Balaban J connectivity index is 1.79. The summed E-state index contributed by atoms with van der Waals surface area (Å²) in [6.07, 6.45) is 6.15. The average molecular weight is 449 g/mol. The fourth-order valence-electron chi connectivity index (χ4n) is 2.93. The summed E-state index contributed by atoms with van der Waals surface area (Å²) in [4.78, 5) is 16.7. The third-order valence-electron chi connectivity index (χ3n) is 4.35. The SMILES string of the molecule is COc1ccc(Cl)cc1N(CC(=O)NCc1ccccc1-n1ccnc1)S(C)(=O)=O. The number of hydrogen-bond acceptors (Lipinski definition) is 5. The van der Waals surface area contributed by atoms with Crippen molar-refractivity contribution in [3.8, 4) is 11.4 Å². The Morgan fingerprint density at radius 3 is 2.70 bits per heavy atom. The van der Waals surface area contributed by atoms with Crippen molar-refractivity contribution in [2.45, 2.75) is 6.54 Å². The van der Waals surface area contributed by atoms with Crippen molar-refractivity contribution >= 4 is 33.2 Å². The van der Waals surface area contributed by atoms with Gasteiger partial charge in [-0.1, -0.05) is 29.8 Å². The molecule has 3 aromatic rings. The highest BCUT2D eigenvalue weighted by molar-refractivity contribution is 7.92. The molecule has 0 aliphatic heterocycles. The molecule has 0 spiro atoms.